The Hall–Kier alpha value is -0.000519. The van der Waals surface area contributed by atoms with Crippen molar-refractivity contribution in [3.8, 4) is 0 Å². The fraction of sp³-hybridized carbons (Fsp3) is 1.00. The summed E-state index contributed by atoms with van der Waals surface area (Å²) < 4.78 is 32.9. The molecule has 64 valence electrons. The summed E-state index contributed by atoms with van der Waals surface area (Å²) in [6.07, 6.45) is 0. The Kier molecular flexibility index (Phi) is 5.06. The Bertz CT molecular complexity index is 157. The van der Waals surface area contributed by atoms with Crippen molar-refractivity contribution in [2.24, 2.45) is 0 Å². The molecular formula is C4H15NO4Se+2. The molecule has 0 aliphatic heterocycles. The van der Waals surface area contributed by atoms with Crippen LogP contribution in [0.5, 0.6) is 0 Å². The predicted octanol–water partition coefficient (Wildman–Crippen LogP) is -1.30. The molecule has 0 rings (SSSR count). The van der Waals surface area contributed by atoms with Gasteiger partial charge in [0.05, 0.1) is 28.2 Å². The van der Waals surface area contributed by atoms with Crippen molar-refractivity contribution in [3.05, 3.63) is 0 Å². The number of rotatable bonds is 0. The van der Waals surface area contributed by atoms with E-state index in [0.717, 1.165) is 4.48 Å². The van der Waals surface area contributed by atoms with Gasteiger partial charge in [-0.15, -0.1) is 0 Å². The van der Waals surface area contributed by atoms with Crippen LogP contribution in [0.2, 0.25) is 0 Å². The first-order chi connectivity index (χ1) is 4.00. The third-order valence-corrected chi connectivity index (χ3v) is 0. The summed E-state index contributed by atoms with van der Waals surface area (Å²) in [5, 5.41) is 0. The monoisotopic (exact) mass is 221 g/mol. The molecule has 5 nitrogen and oxygen atoms in total. The van der Waals surface area contributed by atoms with Gasteiger partial charge in [0.2, 0.25) is 0 Å². The standard InChI is InChI=1S/C4H12N.H2O4Se/c2*1-5(2,3)4/h1-4H3;(H2,1,2,3,4)/q+1;/p+1. The van der Waals surface area contributed by atoms with Crippen LogP contribution < -0.4 is 0 Å². The summed E-state index contributed by atoms with van der Waals surface area (Å²) in [7, 11) is 8.50. The molecule has 0 spiro atoms. The van der Waals surface area contributed by atoms with Gasteiger partial charge in [-0.1, -0.05) is 0 Å². The van der Waals surface area contributed by atoms with Gasteiger partial charge in [-0.25, -0.2) is 0 Å². The van der Waals surface area contributed by atoms with Crippen LogP contribution in [0.25, 0.3) is 0 Å². The molecule has 0 aliphatic rings. The van der Waals surface area contributed by atoms with Crippen LogP contribution in [0.4, 0.5) is 0 Å². The quantitative estimate of drug-likeness (QED) is 0.393. The average Bonchev–Trinajstić information content (AvgIpc) is 1.12. The maximum atomic E-state index is 8.82. The summed E-state index contributed by atoms with van der Waals surface area (Å²) in [5.74, 6) is 0. The van der Waals surface area contributed by atoms with E-state index in [-0.39, 0.29) is 1.43 Å². The molecule has 0 saturated heterocycles. The van der Waals surface area contributed by atoms with Gasteiger partial charge in [0.1, 0.15) is 0 Å². The van der Waals surface area contributed by atoms with Crippen molar-refractivity contribution in [3.63, 3.8) is 0 Å². The molecule has 0 aromatic heterocycles. The van der Waals surface area contributed by atoms with Crippen LogP contribution in [-0.4, -0.2) is 54.4 Å². The first-order valence-electron chi connectivity index (χ1n) is 2.49. The average molecular weight is 220 g/mol. The fourth-order valence-electron chi connectivity index (χ4n) is 0. The predicted molar refractivity (Wildman–Crippen MR) is 36.6 cm³/mol. The van der Waals surface area contributed by atoms with Gasteiger partial charge in [0.15, 0.2) is 0 Å². The van der Waals surface area contributed by atoms with Gasteiger partial charge >= 0.3 is 30.8 Å². The van der Waals surface area contributed by atoms with Crippen LogP contribution in [-0.2, 0) is 7.67 Å². The van der Waals surface area contributed by atoms with Gasteiger partial charge in [-0.3, -0.25) is 0 Å². The molecule has 0 unspecified atom stereocenters. The second-order valence-corrected chi connectivity index (χ2v) is 5.01. The minimum Gasteiger partial charge on any atom is 1.00 e. The fourth-order valence-corrected chi connectivity index (χ4v) is 0. The summed E-state index contributed by atoms with van der Waals surface area (Å²) >= 11 is -5.25. The van der Waals surface area contributed by atoms with Crippen molar-refractivity contribution in [2.75, 3.05) is 28.2 Å². The molecule has 0 fully saturated rings. The van der Waals surface area contributed by atoms with Crippen molar-refractivity contribution < 1.29 is 22.0 Å². The maximum Gasteiger partial charge on any atom is 1.00 e. The van der Waals surface area contributed by atoms with Gasteiger partial charge in [0.25, 0.3) is 0 Å². The summed E-state index contributed by atoms with van der Waals surface area (Å²) in [6.45, 7) is 0. The molecule has 0 aromatic rings. The van der Waals surface area contributed by atoms with E-state index < -0.39 is 13.4 Å². The van der Waals surface area contributed by atoms with Crippen molar-refractivity contribution in [2.45, 2.75) is 0 Å². The van der Waals surface area contributed by atoms with E-state index in [1.165, 1.54) is 0 Å². The Morgan fingerprint density at radius 1 is 1.10 bits per heavy atom. The van der Waals surface area contributed by atoms with Crippen LogP contribution in [0.1, 0.15) is 1.43 Å². The van der Waals surface area contributed by atoms with E-state index in [4.69, 9.17) is 16.0 Å². The smallest absolute Gasteiger partial charge is 1.00 e. The zero-order valence-corrected chi connectivity index (χ0v) is 8.28. The van der Waals surface area contributed by atoms with E-state index in [0.29, 0.717) is 0 Å². The molecule has 0 heterocycles. The Balaban J connectivity index is -0.000000107. The Morgan fingerprint density at radius 3 is 1.10 bits per heavy atom. The van der Waals surface area contributed by atoms with Gasteiger partial charge in [0, 0.05) is 0 Å². The van der Waals surface area contributed by atoms with E-state index in [9.17, 15) is 0 Å². The van der Waals surface area contributed by atoms with Crippen LogP contribution in [0.15, 0.2) is 0 Å². The molecule has 6 heteroatoms. The third kappa shape index (κ3) is 1450000000. The Morgan fingerprint density at radius 2 is 1.10 bits per heavy atom. The van der Waals surface area contributed by atoms with E-state index >= 15 is 0 Å². The summed E-state index contributed by atoms with van der Waals surface area (Å²) in [6, 6.07) is 0. The van der Waals surface area contributed by atoms with E-state index in [1.807, 2.05) is 0 Å². The topological polar surface area (TPSA) is 74.6 Å². The van der Waals surface area contributed by atoms with Gasteiger partial charge in [-0.2, -0.15) is 0 Å². The second kappa shape index (κ2) is 4.00. The second-order valence-electron chi connectivity index (χ2n) is 3.13. The summed E-state index contributed by atoms with van der Waals surface area (Å²) in [5.41, 5.74) is 0. The Labute approximate surface area is 64.2 Å². The first kappa shape index (κ1) is 12.7. The minimum absolute atomic E-state index is 0. The van der Waals surface area contributed by atoms with Gasteiger partial charge < -0.3 is 4.48 Å². The molecule has 0 radical (unpaired) electrons. The van der Waals surface area contributed by atoms with Crippen molar-refractivity contribution in [1.82, 2.24) is 0 Å². The number of hydrogen-bond acceptors (Lipinski definition) is 2. The van der Waals surface area contributed by atoms with E-state index in [2.05, 4.69) is 28.2 Å². The van der Waals surface area contributed by atoms with Crippen molar-refractivity contribution in [1.29, 1.82) is 0 Å². The minimum atomic E-state index is -5.25. The SMILES string of the molecule is C[N+](C)(C)C.O=[Se](=O)(O)O.[H+]. The normalized spacial score (nSPS) is 11.8. The van der Waals surface area contributed by atoms with Crippen LogP contribution in [0, 0.1) is 0 Å². The van der Waals surface area contributed by atoms with Crippen LogP contribution >= 0.6 is 0 Å². The van der Waals surface area contributed by atoms with E-state index in [1.54, 1.807) is 0 Å². The zero-order chi connectivity index (χ0) is 9.00. The third-order valence-electron chi connectivity index (χ3n) is 0. The first-order valence-corrected chi connectivity index (χ1v) is 5.42. The molecule has 0 atom stereocenters. The number of hydrogen-bond donors (Lipinski definition) is 2. The van der Waals surface area contributed by atoms with Crippen LogP contribution in [0.3, 0.4) is 0 Å². The van der Waals surface area contributed by atoms with Crippen molar-refractivity contribution >= 4 is 13.4 Å². The molecule has 0 aromatic carbocycles. The molecular weight excluding hydrogens is 205 g/mol. The molecule has 0 bridgehead atoms. The zero-order valence-electron chi connectivity index (χ0n) is 7.57. The largest absolute Gasteiger partial charge is 1.00 e. The molecule has 0 aliphatic carbocycles. The number of quaternary nitrogens is 1. The maximum absolute atomic E-state index is 8.82. The molecule has 0 saturated carbocycles. The summed E-state index contributed by atoms with van der Waals surface area (Å²) in [4.78, 5) is 0. The molecule has 2 N–H and O–H groups in total. The molecule has 10 heavy (non-hydrogen) atoms. The number of nitrogens with zero attached hydrogens (tertiary/aromatic N) is 1. The van der Waals surface area contributed by atoms with Gasteiger partial charge in [-0.05, 0) is 0 Å². The molecule has 0 amide bonds.